The Morgan fingerprint density at radius 2 is 2.10 bits per heavy atom. The monoisotopic (exact) mass is 511 g/mol. The first-order valence-electron chi connectivity index (χ1n) is 9.69. The maximum Gasteiger partial charge on any atom is 0.191 e. The highest BCUT2D eigenvalue weighted by Gasteiger charge is 2.25. The van der Waals surface area contributed by atoms with Crippen molar-refractivity contribution in [1.29, 1.82) is 5.26 Å². The van der Waals surface area contributed by atoms with E-state index in [4.69, 9.17) is 9.68 Å². The van der Waals surface area contributed by atoms with Gasteiger partial charge >= 0.3 is 0 Å². The summed E-state index contributed by atoms with van der Waals surface area (Å²) in [6, 6.07) is 10.4. The first-order chi connectivity index (χ1) is 13.7. The van der Waals surface area contributed by atoms with E-state index in [-0.39, 0.29) is 42.4 Å². The molecule has 8 heteroatoms. The van der Waals surface area contributed by atoms with Gasteiger partial charge in [0.15, 0.2) is 5.96 Å². The van der Waals surface area contributed by atoms with Crippen LogP contribution < -0.4 is 10.6 Å². The lowest BCUT2D eigenvalue weighted by molar-refractivity contribution is 0.215. The largest absolute Gasteiger partial charge is 0.468 e. The van der Waals surface area contributed by atoms with Crippen LogP contribution in [0.1, 0.15) is 42.7 Å². The Morgan fingerprint density at radius 1 is 1.31 bits per heavy atom. The number of likely N-dealkylation sites (tertiary alicyclic amines) is 1. The number of nitrogens with one attached hydrogen (secondary N) is 2. The molecule has 156 valence electrons. The first-order valence-corrected chi connectivity index (χ1v) is 9.69. The summed E-state index contributed by atoms with van der Waals surface area (Å²) >= 11 is 0. The Morgan fingerprint density at radius 3 is 2.76 bits per heavy atom. The second-order valence-corrected chi connectivity index (χ2v) is 6.77. The van der Waals surface area contributed by atoms with Crippen molar-refractivity contribution in [2.24, 2.45) is 4.99 Å². The molecule has 1 fully saturated rings. The zero-order valence-corrected chi connectivity index (χ0v) is 18.9. The van der Waals surface area contributed by atoms with E-state index in [1.165, 1.54) is 31.0 Å². The minimum atomic E-state index is -0.357. The van der Waals surface area contributed by atoms with E-state index in [2.05, 4.69) is 20.5 Å². The maximum absolute atomic E-state index is 14.0. The number of nitrogens with zero attached hydrogens (tertiary/aromatic N) is 3. The number of hydrogen-bond donors (Lipinski definition) is 2. The van der Waals surface area contributed by atoms with E-state index in [0.717, 1.165) is 18.8 Å². The molecule has 2 heterocycles. The van der Waals surface area contributed by atoms with Gasteiger partial charge in [-0.1, -0.05) is 0 Å². The molecule has 0 spiro atoms. The van der Waals surface area contributed by atoms with Crippen molar-refractivity contribution in [2.45, 2.75) is 32.4 Å². The van der Waals surface area contributed by atoms with Crippen LogP contribution in [0.5, 0.6) is 0 Å². The van der Waals surface area contributed by atoms with E-state index in [1.54, 1.807) is 6.26 Å². The van der Waals surface area contributed by atoms with Crippen LogP contribution >= 0.6 is 24.0 Å². The van der Waals surface area contributed by atoms with E-state index in [1.807, 2.05) is 25.1 Å². The molecule has 1 aromatic heterocycles. The fourth-order valence-electron chi connectivity index (χ4n) is 3.41. The number of benzene rings is 1. The Kier molecular flexibility index (Phi) is 9.41. The summed E-state index contributed by atoms with van der Waals surface area (Å²) in [6.45, 7) is 5.58. The molecule has 1 aliphatic rings. The molecule has 0 saturated carbocycles. The fraction of sp³-hybridized carbons (Fsp3) is 0.429. The van der Waals surface area contributed by atoms with Crippen LogP contribution in [0.3, 0.4) is 0 Å². The Labute approximate surface area is 188 Å². The lowest BCUT2D eigenvalue weighted by Gasteiger charge is -2.26. The molecule has 1 saturated heterocycles. The molecule has 29 heavy (non-hydrogen) atoms. The zero-order valence-electron chi connectivity index (χ0n) is 16.5. The van der Waals surface area contributed by atoms with Crippen molar-refractivity contribution >= 4 is 29.9 Å². The van der Waals surface area contributed by atoms with Gasteiger partial charge in [0, 0.05) is 18.7 Å². The zero-order chi connectivity index (χ0) is 19.8. The molecule has 0 bridgehead atoms. The summed E-state index contributed by atoms with van der Waals surface area (Å²) < 4.78 is 19.7. The summed E-state index contributed by atoms with van der Waals surface area (Å²) in [7, 11) is 0. The molecule has 0 radical (unpaired) electrons. The van der Waals surface area contributed by atoms with Crippen molar-refractivity contribution in [3.05, 3.63) is 59.3 Å². The smallest absolute Gasteiger partial charge is 0.191 e. The van der Waals surface area contributed by atoms with Crippen LogP contribution in [0.2, 0.25) is 0 Å². The molecular formula is C21H27FIN5O. The third kappa shape index (κ3) is 6.44. The highest BCUT2D eigenvalue weighted by molar-refractivity contribution is 14.0. The third-order valence-electron chi connectivity index (χ3n) is 4.84. The van der Waals surface area contributed by atoms with Crippen molar-refractivity contribution in [3.63, 3.8) is 0 Å². The Hall–Kier alpha value is -2.12. The van der Waals surface area contributed by atoms with E-state index in [9.17, 15) is 4.39 Å². The summed E-state index contributed by atoms with van der Waals surface area (Å²) in [6.07, 6.45) is 4.09. The average Bonchev–Trinajstić information content (AvgIpc) is 3.42. The minimum Gasteiger partial charge on any atom is -0.468 e. The third-order valence-corrected chi connectivity index (χ3v) is 4.84. The number of halogens is 2. The van der Waals surface area contributed by atoms with E-state index >= 15 is 0 Å². The molecule has 1 atom stereocenters. The van der Waals surface area contributed by atoms with E-state index in [0.29, 0.717) is 30.2 Å². The Balaban J connectivity index is 0.00000300. The molecule has 6 nitrogen and oxygen atoms in total. The van der Waals surface area contributed by atoms with Crippen LogP contribution in [0.15, 0.2) is 46.0 Å². The molecular weight excluding hydrogens is 484 g/mol. The van der Waals surface area contributed by atoms with Gasteiger partial charge in [-0.2, -0.15) is 5.26 Å². The average molecular weight is 511 g/mol. The number of nitriles is 1. The fourth-order valence-corrected chi connectivity index (χ4v) is 3.41. The number of guanidine groups is 1. The summed E-state index contributed by atoms with van der Waals surface area (Å²) in [5.41, 5.74) is 0.829. The summed E-state index contributed by atoms with van der Waals surface area (Å²) in [5, 5.41) is 15.6. The highest BCUT2D eigenvalue weighted by Crippen LogP contribution is 2.24. The summed E-state index contributed by atoms with van der Waals surface area (Å²) in [4.78, 5) is 6.90. The SMILES string of the molecule is CCNC(=NCc1cc(C#N)ccc1F)NCC(c1ccco1)N1CCCC1.I. The van der Waals surface area contributed by atoms with Crippen LogP contribution in [-0.4, -0.2) is 37.0 Å². The van der Waals surface area contributed by atoms with Gasteiger partial charge in [-0.25, -0.2) is 9.38 Å². The minimum absolute atomic E-state index is 0. The van der Waals surface area contributed by atoms with Gasteiger partial charge in [-0.3, -0.25) is 4.90 Å². The van der Waals surface area contributed by atoms with Gasteiger partial charge in [-0.05, 0) is 63.2 Å². The molecule has 2 aromatic rings. The molecule has 3 rings (SSSR count). The van der Waals surface area contributed by atoms with Gasteiger partial charge in [0.1, 0.15) is 11.6 Å². The number of rotatable bonds is 7. The second-order valence-electron chi connectivity index (χ2n) is 6.77. The number of aliphatic imine (C=N–C) groups is 1. The maximum atomic E-state index is 14.0. The van der Waals surface area contributed by atoms with Gasteiger partial charge in [0.25, 0.3) is 0 Å². The van der Waals surface area contributed by atoms with Crippen molar-refractivity contribution in [3.8, 4) is 6.07 Å². The molecule has 2 N–H and O–H groups in total. The van der Waals surface area contributed by atoms with Gasteiger partial charge in [0.2, 0.25) is 0 Å². The number of furan rings is 1. The van der Waals surface area contributed by atoms with Crippen molar-refractivity contribution in [1.82, 2.24) is 15.5 Å². The van der Waals surface area contributed by atoms with Crippen LogP contribution in [-0.2, 0) is 6.54 Å². The normalized spacial score (nSPS) is 15.4. The molecule has 0 amide bonds. The van der Waals surface area contributed by atoms with Crippen LogP contribution in [0.25, 0.3) is 0 Å². The number of hydrogen-bond acceptors (Lipinski definition) is 4. The second kappa shape index (κ2) is 11.8. The van der Waals surface area contributed by atoms with Crippen molar-refractivity contribution < 1.29 is 8.81 Å². The molecule has 1 aromatic carbocycles. The van der Waals surface area contributed by atoms with Gasteiger partial charge < -0.3 is 15.1 Å². The van der Waals surface area contributed by atoms with Crippen LogP contribution in [0, 0.1) is 17.1 Å². The lowest BCUT2D eigenvalue weighted by Crippen LogP contribution is -2.42. The quantitative estimate of drug-likeness (QED) is 0.336. The molecule has 0 aliphatic carbocycles. The predicted molar refractivity (Wildman–Crippen MR) is 122 cm³/mol. The molecule has 1 unspecified atom stereocenters. The standard InChI is InChI=1S/C21H26FN5O.HI/c1-2-24-21(25-14-17-12-16(13-23)7-8-18(17)22)26-15-19(20-6-5-11-28-20)27-9-3-4-10-27;/h5-8,11-12,19H,2-4,9-10,14-15H2,1H3,(H2,24,25,26);1H. The first kappa shape index (κ1) is 23.2. The Bertz CT molecular complexity index is 828. The van der Waals surface area contributed by atoms with Gasteiger partial charge in [0.05, 0.1) is 30.5 Å². The van der Waals surface area contributed by atoms with Crippen molar-refractivity contribution in [2.75, 3.05) is 26.2 Å². The highest BCUT2D eigenvalue weighted by atomic mass is 127. The predicted octanol–water partition coefficient (Wildman–Crippen LogP) is 3.80. The lowest BCUT2D eigenvalue weighted by atomic mass is 10.1. The van der Waals surface area contributed by atoms with Crippen LogP contribution in [0.4, 0.5) is 4.39 Å². The van der Waals surface area contributed by atoms with E-state index < -0.39 is 0 Å². The van der Waals surface area contributed by atoms with Gasteiger partial charge in [-0.15, -0.1) is 24.0 Å². The molecule has 1 aliphatic heterocycles. The topological polar surface area (TPSA) is 76.6 Å². The summed E-state index contributed by atoms with van der Waals surface area (Å²) in [5.74, 6) is 1.18.